The van der Waals surface area contributed by atoms with Crippen molar-refractivity contribution in [1.29, 1.82) is 0 Å². The van der Waals surface area contributed by atoms with E-state index >= 15 is 0 Å². The van der Waals surface area contributed by atoms with E-state index in [0.29, 0.717) is 5.56 Å². The highest BCUT2D eigenvalue weighted by Crippen LogP contribution is 2.50. The Morgan fingerprint density at radius 3 is 2.10 bits per heavy atom. The Morgan fingerprint density at radius 1 is 1.00 bits per heavy atom. The molecular weight excluding hydrogens is 292 g/mol. The molecule has 0 heterocycles. The molecule has 0 saturated carbocycles. The molecule has 0 unspecified atom stereocenters. The molecule has 0 saturated heterocycles. The standard InChI is InChI=1S/C15H17FNO3P/c1-11(12-5-3-2-4-6-12)17-15(21(18,19)20)13-7-9-14(16)10-8-13/h2-11,15,17H,1H3,(H2,18,19,20)/t11-,15-/m0/s1. The summed E-state index contributed by atoms with van der Waals surface area (Å²) in [5.74, 6) is -1.62. The minimum atomic E-state index is -4.42. The second-order valence-corrected chi connectivity index (χ2v) is 6.54. The van der Waals surface area contributed by atoms with Gasteiger partial charge in [0.15, 0.2) is 0 Å². The van der Waals surface area contributed by atoms with Gasteiger partial charge in [-0.15, -0.1) is 0 Å². The van der Waals surface area contributed by atoms with Crippen molar-refractivity contribution >= 4 is 7.60 Å². The van der Waals surface area contributed by atoms with Crippen LogP contribution in [0, 0.1) is 5.82 Å². The molecule has 2 aromatic rings. The van der Waals surface area contributed by atoms with E-state index in [-0.39, 0.29) is 6.04 Å². The molecule has 21 heavy (non-hydrogen) atoms. The normalized spacial score (nSPS) is 14.7. The Labute approximate surface area is 122 Å². The summed E-state index contributed by atoms with van der Waals surface area (Å²) in [5, 5.41) is 2.92. The minimum absolute atomic E-state index is 0.256. The van der Waals surface area contributed by atoms with Gasteiger partial charge in [-0.05, 0) is 30.2 Å². The molecule has 0 fully saturated rings. The fourth-order valence-electron chi connectivity index (χ4n) is 2.11. The van der Waals surface area contributed by atoms with Gasteiger partial charge in [-0.2, -0.15) is 0 Å². The fraction of sp³-hybridized carbons (Fsp3) is 0.200. The zero-order valence-electron chi connectivity index (χ0n) is 11.5. The first-order chi connectivity index (χ1) is 9.88. The first kappa shape index (κ1) is 15.9. The predicted octanol–water partition coefficient (Wildman–Crippen LogP) is 3.35. The SMILES string of the molecule is C[C@H](N[C@H](c1ccc(F)cc1)P(=O)(O)O)c1ccccc1. The van der Waals surface area contributed by atoms with E-state index in [1.165, 1.54) is 24.3 Å². The third-order valence-electron chi connectivity index (χ3n) is 3.23. The number of rotatable bonds is 5. The lowest BCUT2D eigenvalue weighted by Crippen LogP contribution is -2.24. The molecular formula is C15H17FNO3P. The topological polar surface area (TPSA) is 69.6 Å². The van der Waals surface area contributed by atoms with Crippen molar-refractivity contribution in [2.24, 2.45) is 0 Å². The van der Waals surface area contributed by atoms with Gasteiger partial charge in [0.1, 0.15) is 11.6 Å². The van der Waals surface area contributed by atoms with E-state index in [1.807, 2.05) is 37.3 Å². The Morgan fingerprint density at radius 2 is 1.57 bits per heavy atom. The van der Waals surface area contributed by atoms with Crippen molar-refractivity contribution in [3.63, 3.8) is 0 Å². The summed E-state index contributed by atoms with van der Waals surface area (Å²) in [7, 11) is -4.42. The number of benzene rings is 2. The monoisotopic (exact) mass is 309 g/mol. The van der Waals surface area contributed by atoms with Gasteiger partial charge in [0.25, 0.3) is 0 Å². The molecule has 0 amide bonds. The summed E-state index contributed by atoms with van der Waals surface area (Å²) in [6.45, 7) is 1.82. The molecule has 0 aliphatic carbocycles. The zero-order valence-corrected chi connectivity index (χ0v) is 12.4. The van der Waals surface area contributed by atoms with Crippen LogP contribution in [0.4, 0.5) is 4.39 Å². The molecule has 0 bridgehead atoms. The molecule has 2 rings (SSSR count). The van der Waals surface area contributed by atoms with E-state index in [2.05, 4.69) is 5.32 Å². The molecule has 0 aliphatic rings. The van der Waals surface area contributed by atoms with Crippen molar-refractivity contribution < 1.29 is 18.7 Å². The van der Waals surface area contributed by atoms with Crippen molar-refractivity contribution in [3.05, 3.63) is 71.5 Å². The summed E-state index contributed by atoms with van der Waals surface area (Å²) in [6.07, 6.45) is 0. The summed E-state index contributed by atoms with van der Waals surface area (Å²) in [5.41, 5.74) is 1.27. The van der Waals surface area contributed by atoms with Crippen molar-refractivity contribution in [1.82, 2.24) is 5.32 Å². The van der Waals surface area contributed by atoms with Crippen molar-refractivity contribution in [2.45, 2.75) is 18.7 Å². The highest BCUT2D eigenvalue weighted by atomic mass is 31.2. The molecule has 2 atom stereocenters. The largest absolute Gasteiger partial charge is 0.346 e. The maximum atomic E-state index is 13.0. The molecule has 0 spiro atoms. The summed E-state index contributed by atoms with van der Waals surface area (Å²) in [4.78, 5) is 19.1. The van der Waals surface area contributed by atoms with Crippen LogP contribution in [0.25, 0.3) is 0 Å². The molecule has 3 N–H and O–H groups in total. The maximum absolute atomic E-state index is 13.0. The smallest absolute Gasteiger partial charge is 0.323 e. The first-order valence-electron chi connectivity index (χ1n) is 6.49. The van der Waals surface area contributed by atoms with E-state index in [0.717, 1.165) is 5.56 Å². The molecule has 0 aromatic heterocycles. The second kappa shape index (κ2) is 6.50. The Hall–Kier alpha value is -1.52. The van der Waals surface area contributed by atoms with Gasteiger partial charge >= 0.3 is 7.60 Å². The Balaban J connectivity index is 2.26. The van der Waals surface area contributed by atoms with Crippen molar-refractivity contribution in [3.8, 4) is 0 Å². The maximum Gasteiger partial charge on any atom is 0.346 e. The van der Waals surface area contributed by atoms with Crippen LogP contribution >= 0.6 is 7.60 Å². The molecule has 112 valence electrons. The van der Waals surface area contributed by atoms with Crippen LogP contribution in [0.5, 0.6) is 0 Å². The third-order valence-corrected chi connectivity index (χ3v) is 4.35. The van der Waals surface area contributed by atoms with Crippen molar-refractivity contribution in [2.75, 3.05) is 0 Å². The van der Waals surface area contributed by atoms with Crippen LogP contribution in [0.3, 0.4) is 0 Å². The molecule has 4 nitrogen and oxygen atoms in total. The number of halogens is 1. The number of nitrogens with one attached hydrogen (secondary N) is 1. The average molecular weight is 309 g/mol. The summed E-state index contributed by atoms with van der Waals surface area (Å²) < 4.78 is 24.7. The first-order valence-corrected chi connectivity index (χ1v) is 8.18. The quantitative estimate of drug-likeness (QED) is 0.741. The molecule has 0 aliphatic heterocycles. The fourth-order valence-corrected chi connectivity index (χ4v) is 3.09. The lowest BCUT2D eigenvalue weighted by atomic mass is 10.1. The van der Waals surface area contributed by atoms with Gasteiger partial charge in [-0.1, -0.05) is 42.5 Å². The molecule has 6 heteroatoms. The highest BCUT2D eigenvalue weighted by Gasteiger charge is 2.31. The summed E-state index contributed by atoms with van der Waals surface area (Å²) in [6, 6.07) is 14.2. The van der Waals surface area contributed by atoms with Gasteiger partial charge < -0.3 is 9.79 Å². The van der Waals surface area contributed by atoms with Crippen LogP contribution in [0.1, 0.15) is 29.9 Å². The lowest BCUT2D eigenvalue weighted by Gasteiger charge is -2.24. The number of hydrogen-bond donors (Lipinski definition) is 3. The molecule has 2 aromatic carbocycles. The second-order valence-electron chi connectivity index (χ2n) is 4.84. The van der Waals surface area contributed by atoms with Crippen LogP contribution in [0.15, 0.2) is 54.6 Å². The van der Waals surface area contributed by atoms with Gasteiger partial charge in [0.2, 0.25) is 0 Å². The highest BCUT2D eigenvalue weighted by molar-refractivity contribution is 7.52. The van der Waals surface area contributed by atoms with Crippen LogP contribution in [0.2, 0.25) is 0 Å². The van der Waals surface area contributed by atoms with Gasteiger partial charge in [-0.25, -0.2) is 4.39 Å². The number of hydrogen-bond acceptors (Lipinski definition) is 2. The van der Waals surface area contributed by atoms with Crippen LogP contribution < -0.4 is 5.32 Å². The van der Waals surface area contributed by atoms with Crippen LogP contribution in [-0.2, 0) is 4.57 Å². The van der Waals surface area contributed by atoms with Gasteiger partial charge in [-0.3, -0.25) is 9.88 Å². The Bertz CT molecular complexity index is 627. The predicted molar refractivity (Wildman–Crippen MR) is 79.2 cm³/mol. The molecule has 0 radical (unpaired) electrons. The van der Waals surface area contributed by atoms with Crippen LogP contribution in [-0.4, -0.2) is 9.79 Å². The Kier molecular flexibility index (Phi) is 4.91. The van der Waals surface area contributed by atoms with E-state index in [9.17, 15) is 18.7 Å². The van der Waals surface area contributed by atoms with E-state index in [1.54, 1.807) is 0 Å². The minimum Gasteiger partial charge on any atom is -0.323 e. The summed E-state index contributed by atoms with van der Waals surface area (Å²) >= 11 is 0. The lowest BCUT2D eigenvalue weighted by molar-refractivity contribution is 0.341. The van der Waals surface area contributed by atoms with Gasteiger partial charge in [0.05, 0.1) is 0 Å². The zero-order chi connectivity index (χ0) is 15.5. The average Bonchev–Trinajstić information content (AvgIpc) is 2.45. The van der Waals surface area contributed by atoms with E-state index < -0.39 is 19.2 Å². The van der Waals surface area contributed by atoms with E-state index in [4.69, 9.17) is 0 Å². The van der Waals surface area contributed by atoms with Gasteiger partial charge in [0, 0.05) is 6.04 Å². The third kappa shape index (κ3) is 4.22.